The van der Waals surface area contributed by atoms with Crippen LogP contribution in [0.15, 0.2) is 18.2 Å². The summed E-state index contributed by atoms with van der Waals surface area (Å²) in [6, 6.07) is 5.52. The van der Waals surface area contributed by atoms with Crippen molar-refractivity contribution in [2.75, 3.05) is 12.8 Å². The molecular formula is C14H19N5O. The third-order valence-corrected chi connectivity index (χ3v) is 4.09. The molecule has 0 radical (unpaired) electrons. The molecule has 1 aromatic carbocycles. The molecule has 1 aromatic heterocycles. The van der Waals surface area contributed by atoms with Gasteiger partial charge >= 0.3 is 0 Å². The van der Waals surface area contributed by atoms with Crippen molar-refractivity contribution < 1.29 is 4.74 Å². The maximum atomic E-state index is 6.07. The molecule has 3 rings (SSSR count). The highest BCUT2D eigenvalue weighted by Gasteiger charge is 2.41. The highest BCUT2D eigenvalue weighted by atomic mass is 16.5. The van der Waals surface area contributed by atoms with Crippen molar-refractivity contribution in [3.8, 4) is 17.1 Å². The molecule has 2 aromatic rings. The Morgan fingerprint density at radius 1 is 1.35 bits per heavy atom. The van der Waals surface area contributed by atoms with E-state index in [0.29, 0.717) is 17.4 Å². The third kappa shape index (κ3) is 2.01. The molecule has 1 aliphatic carbocycles. The van der Waals surface area contributed by atoms with E-state index < -0.39 is 0 Å². The van der Waals surface area contributed by atoms with Crippen molar-refractivity contribution in [2.24, 2.45) is 5.92 Å². The van der Waals surface area contributed by atoms with Crippen LogP contribution in [0.1, 0.15) is 26.7 Å². The van der Waals surface area contributed by atoms with E-state index in [1.165, 1.54) is 12.8 Å². The molecule has 0 bridgehead atoms. The first-order valence-corrected chi connectivity index (χ1v) is 6.77. The van der Waals surface area contributed by atoms with Gasteiger partial charge in [0.15, 0.2) is 5.82 Å². The smallest absolute Gasteiger partial charge is 0.184 e. The molecule has 1 saturated carbocycles. The Morgan fingerprint density at radius 2 is 2.10 bits per heavy atom. The number of hydrogen-bond donors (Lipinski definition) is 1. The average Bonchev–Trinajstić information content (AvgIpc) is 3.18. The Balaban J connectivity index is 2.09. The number of hydrogen-bond acceptors (Lipinski definition) is 5. The number of methoxy groups -OCH3 is 1. The fraction of sp³-hybridized carbons (Fsp3) is 0.500. The largest absolute Gasteiger partial charge is 0.497 e. The summed E-state index contributed by atoms with van der Waals surface area (Å²) in [5.74, 6) is 2.06. The van der Waals surface area contributed by atoms with Crippen molar-refractivity contribution in [1.82, 2.24) is 20.2 Å². The molecule has 2 N–H and O–H groups in total. The Kier molecular flexibility index (Phi) is 2.88. The van der Waals surface area contributed by atoms with E-state index in [-0.39, 0.29) is 5.54 Å². The minimum absolute atomic E-state index is 0.103. The number of tetrazole rings is 1. The normalized spacial score (nSPS) is 15.3. The number of benzene rings is 1. The molecule has 1 aliphatic rings. The van der Waals surface area contributed by atoms with Crippen LogP contribution in [-0.2, 0) is 5.54 Å². The van der Waals surface area contributed by atoms with Gasteiger partial charge in [-0.3, -0.25) is 0 Å². The van der Waals surface area contributed by atoms with Gasteiger partial charge in [0.25, 0.3) is 0 Å². The summed E-state index contributed by atoms with van der Waals surface area (Å²) >= 11 is 0. The zero-order valence-corrected chi connectivity index (χ0v) is 12.0. The van der Waals surface area contributed by atoms with E-state index in [1.54, 1.807) is 7.11 Å². The van der Waals surface area contributed by atoms with Gasteiger partial charge < -0.3 is 10.5 Å². The lowest BCUT2D eigenvalue weighted by Crippen LogP contribution is -2.30. The van der Waals surface area contributed by atoms with Crippen molar-refractivity contribution in [2.45, 2.75) is 32.2 Å². The highest BCUT2D eigenvalue weighted by Crippen LogP contribution is 2.45. The fourth-order valence-corrected chi connectivity index (χ4v) is 2.56. The summed E-state index contributed by atoms with van der Waals surface area (Å²) < 4.78 is 7.14. The molecule has 0 spiro atoms. The Hall–Kier alpha value is -2.11. The molecule has 106 valence electrons. The van der Waals surface area contributed by atoms with Crippen molar-refractivity contribution in [3.63, 3.8) is 0 Å². The standard InChI is InChI=1S/C14H19N5O/c1-14(2,9-4-5-9)19-13(16-17-18-19)11-8-10(20-3)6-7-12(11)15/h6-9H,4-5,15H2,1-3H3. The van der Waals surface area contributed by atoms with Gasteiger partial charge in [0.05, 0.1) is 12.6 Å². The number of ether oxygens (including phenoxy) is 1. The van der Waals surface area contributed by atoms with Gasteiger partial charge in [0.1, 0.15) is 5.75 Å². The summed E-state index contributed by atoms with van der Waals surface area (Å²) in [7, 11) is 1.63. The summed E-state index contributed by atoms with van der Waals surface area (Å²) in [6.07, 6.45) is 2.44. The lowest BCUT2D eigenvalue weighted by Gasteiger charge is -2.25. The van der Waals surface area contributed by atoms with Gasteiger partial charge in [-0.25, -0.2) is 4.68 Å². The minimum Gasteiger partial charge on any atom is -0.497 e. The van der Waals surface area contributed by atoms with Gasteiger partial charge in [-0.05, 0) is 61.2 Å². The van der Waals surface area contributed by atoms with E-state index in [4.69, 9.17) is 10.5 Å². The summed E-state index contributed by atoms with van der Waals surface area (Å²) in [6.45, 7) is 4.34. The van der Waals surface area contributed by atoms with Crippen molar-refractivity contribution in [1.29, 1.82) is 0 Å². The van der Waals surface area contributed by atoms with Gasteiger partial charge in [-0.15, -0.1) is 5.10 Å². The number of rotatable bonds is 4. The maximum absolute atomic E-state index is 6.07. The number of nitrogens with two attached hydrogens (primary N) is 1. The Morgan fingerprint density at radius 3 is 2.75 bits per heavy atom. The van der Waals surface area contributed by atoms with Crippen LogP contribution in [0.2, 0.25) is 0 Å². The SMILES string of the molecule is COc1ccc(N)c(-c2nnnn2C(C)(C)C2CC2)c1. The lowest BCUT2D eigenvalue weighted by molar-refractivity contribution is 0.271. The summed E-state index contributed by atoms with van der Waals surface area (Å²) in [5, 5.41) is 12.2. The first-order chi connectivity index (χ1) is 9.54. The fourth-order valence-electron chi connectivity index (χ4n) is 2.56. The van der Waals surface area contributed by atoms with Crippen LogP contribution in [-0.4, -0.2) is 27.3 Å². The summed E-state index contributed by atoms with van der Waals surface area (Å²) in [5.41, 5.74) is 7.43. The quantitative estimate of drug-likeness (QED) is 0.863. The van der Waals surface area contributed by atoms with Gasteiger partial charge in [-0.1, -0.05) is 0 Å². The van der Waals surface area contributed by atoms with Crippen LogP contribution < -0.4 is 10.5 Å². The van der Waals surface area contributed by atoms with Crippen LogP contribution in [0.4, 0.5) is 5.69 Å². The van der Waals surface area contributed by atoms with Crippen LogP contribution in [0.5, 0.6) is 5.75 Å². The number of aromatic nitrogens is 4. The van der Waals surface area contributed by atoms with Gasteiger partial charge in [-0.2, -0.15) is 0 Å². The van der Waals surface area contributed by atoms with Crippen LogP contribution in [0.3, 0.4) is 0 Å². The summed E-state index contributed by atoms with van der Waals surface area (Å²) in [4.78, 5) is 0. The zero-order chi connectivity index (χ0) is 14.3. The van der Waals surface area contributed by atoms with Crippen molar-refractivity contribution >= 4 is 5.69 Å². The topological polar surface area (TPSA) is 78.8 Å². The molecule has 1 fully saturated rings. The number of nitrogen functional groups attached to an aromatic ring is 1. The Labute approximate surface area is 117 Å². The van der Waals surface area contributed by atoms with E-state index in [1.807, 2.05) is 22.9 Å². The molecule has 0 amide bonds. The van der Waals surface area contributed by atoms with E-state index in [0.717, 1.165) is 11.3 Å². The molecule has 6 heteroatoms. The van der Waals surface area contributed by atoms with Gasteiger partial charge in [0, 0.05) is 11.3 Å². The molecular weight excluding hydrogens is 254 g/mol. The predicted molar refractivity (Wildman–Crippen MR) is 76.3 cm³/mol. The molecule has 0 unspecified atom stereocenters. The van der Waals surface area contributed by atoms with Gasteiger partial charge in [0.2, 0.25) is 0 Å². The van der Waals surface area contributed by atoms with E-state index >= 15 is 0 Å². The van der Waals surface area contributed by atoms with E-state index in [9.17, 15) is 0 Å². The minimum atomic E-state index is -0.103. The highest BCUT2D eigenvalue weighted by molar-refractivity contribution is 5.73. The molecule has 0 saturated heterocycles. The number of anilines is 1. The second-order valence-electron chi connectivity index (χ2n) is 5.80. The zero-order valence-electron chi connectivity index (χ0n) is 12.0. The second kappa shape index (κ2) is 4.47. The Bertz CT molecular complexity index is 630. The monoisotopic (exact) mass is 273 g/mol. The second-order valence-corrected chi connectivity index (χ2v) is 5.80. The molecule has 6 nitrogen and oxygen atoms in total. The predicted octanol–water partition coefficient (Wildman–Crippen LogP) is 2.08. The maximum Gasteiger partial charge on any atom is 0.184 e. The van der Waals surface area contributed by atoms with Crippen LogP contribution in [0.25, 0.3) is 11.4 Å². The molecule has 0 aliphatic heterocycles. The van der Waals surface area contributed by atoms with Crippen LogP contribution in [0, 0.1) is 5.92 Å². The molecule has 1 heterocycles. The van der Waals surface area contributed by atoms with Crippen LogP contribution >= 0.6 is 0 Å². The first-order valence-electron chi connectivity index (χ1n) is 6.77. The lowest BCUT2D eigenvalue weighted by atomic mass is 9.98. The molecule has 0 atom stereocenters. The number of nitrogens with zero attached hydrogens (tertiary/aromatic N) is 4. The average molecular weight is 273 g/mol. The molecule has 20 heavy (non-hydrogen) atoms. The van der Waals surface area contributed by atoms with Crippen molar-refractivity contribution in [3.05, 3.63) is 18.2 Å². The van der Waals surface area contributed by atoms with E-state index in [2.05, 4.69) is 29.4 Å². The third-order valence-electron chi connectivity index (χ3n) is 4.09. The first kappa shape index (κ1) is 12.9.